The monoisotopic (exact) mass is 563 g/mol. The molecule has 7 rings (SSSR count). The van der Waals surface area contributed by atoms with Crippen LogP contribution in [0.25, 0.3) is 38.9 Å². The molecule has 42 heavy (non-hydrogen) atoms. The Balaban J connectivity index is 1.37. The molecule has 0 spiro atoms. The number of carbonyl (C=O) groups is 1. The van der Waals surface area contributed by atoms with Crippen molar-refractivity contribution in [2.45, 2.75) is 70.1 Å². The summed E-state index contributed by atoms with van der Waals surface area (Å²) in [5.41, 5.74) is 5.00. The first-order valence-corrected chi connectivity index (χ1v) is 14.7. The van der Waals surface area contributed by atoms with Gasteiger partial charge in [0.2, 0.25) is 0 Å². The number of aromatic nitrogens is 3. The molecule has 2 aliphatic carbocycles. The Morgan fingerprint density at radius 3 is 2.38 bits per heavy atom. The van der Waals surface area contributed by atoms with E-state index in [1.807, 2.05) is 43.5 Å². The summed E-state index contributed by atoms with van der Waals surface area (Å²) in [6.07, 6.45) is 4.52. The molecule has 214 valence electrons. The fraction of sp³-hybridized carbons (Fsp3) is 0.324. The van der Waals surface area contributed by atoms with Gasteiger partial charge in [0.05, 0.1) is 22.3 Å². The zero-order valence-corrected chi connectivity index (χ0v) is 24.1. The van der Waals surface area contributed by atoms with Gasteiger partial charge < -0.3 is 15.4 Å². The van der Waals surface area contributed by atoms with Crippen molar-refractivity contribution >= 4 is 28.5 Å². The molecule has 8 heteroatoms. The normalized spacial score (nSPS) is 16.3. The van der Waals surface area contributed by atoms with Gasteiger partial charge >= 0.3 is 6.09 Å². The van der Waals surface area contributed by atoms with Gasteiger partial charge in [0.15, 0.2) is 5.65 Å². The molecule has 3 aromatic carbocycles. The summed E-state index contributed by atoms with van der Waals surface area (Å²) in [4.78, 5) is 17.9. The predicted octanol–water partition coefficient (Wildman–Crippen LogP) is 7.83. The standard InChI is InChI=1S/C34H34FN5O2/c1-33(2,3)42-32(41)38-34(18-7-19-34)23-12-10-22(11-13-23)29-28(21-8-5-4-6-9-21)31(36-25-15-16-25)40-30(37-29)26-20-24(35)14-17-27(26)39-40/h4-6,8-14,17,20,25,36H,7,15-16,18-19H2,1-3H3,(H,38,41). The molecule has 2 fully saturated rings. The van der Waals surface area contributed by atoms with Crippen molar-refractivity contribution in [1.29, 1.82) is 0 Å². The molecular weight excluding hydrogens is 529 g/mol. The highest BCUT2D eigenvalue weighted by molar-refractivity contribution is 5.98. The van der Waals surface area contributed by atoms with Gasteiger partial charge in [-0.1, -0.05) is 54.6 Å². The largest absolute Gasteiger partial charge is 0.444 e. The molecule has 7 nitrogen and oxygen atoms in total. The number of rotatable bonds is 6. The van der Waals surface area contributed by atoms with Crippen LogP contribution < -0.4 is 10.6 Å². The van der Waals surface area contributed by atoms with Crippen LogP contribution in [0.4, 0.5) is 15.0 Å². The minimum absolute atomic E-state index is 0.322. The Bertz CT molecular complexity index is 1800. The van der Waals surface area contributed by atoms with Crippen LogP contribution in [0.3, 0.4) is 0 Å². The van der Waals surface area contributed by atoms with Gasteiger partial charge in [0.1, 0.15) is 17.2 Å². The van der Waals surface area contributed by atoms with E-state index in [4.69, 9.17) is 14.8 Å². The number of ether oxygens (including phenoxy) is 1. The molecule has 2 saturated carbocycles. The fourth-order valence-electron chi connectivity index (χ4n) is 5.79. The molecular formula is C34H34FN5O2. The fourth-order valence-corrected chi connectivity index (χ4v) is 5.79. The van der Waals surface area contributed by atoms with Crippen LogP contribution in [0.5, 0.6) is 0 Å². The molecule has 2 N–H and O–H groups in total. The quantitative estimate of drug-likeness (QED) is 0.220. The highest BCUT2D eigenvalue weighted by atomic mass is 19.1. The number of halogens is 1. The minimum atomic E-state index is -0.565. The Labute approximate surface area is 244 Å². The van der Waals surface area contributed by atoms with Gasteiger partial charge in [-0.25, -0.2) is 14.2 Å². The van der Waals surface area contributed by atoms with Crippen molar-refractivity contribution in [2.75, 3.05) is 5.32 Å². The number of alkyl carbamates (subject to hydrolysis) is 1. The average Bonchev–Trinajstić information content (AvgIpc) is 3.69. The van der Waals surface area contributed by atoms with Crippen LogP contribution in [0.1, 0.15) is 58.4 Å². The van der Waals surface area contributed by atoms with E-state index in [1.165, 1.54) is 12.1 Å². The zero-order chi connectivity index (χ0) is 29.1. The summed E-state index contributed by atoms with van der Waals surface area (Å²) in [7, 11) is 0. The van der Waals surface area contributed by atoms with Crippen molar-refractivity contribution in [3.8, 4) is 22.4 Å². The number of anilines is 1. The lowest BCUT2D eigenvalue weighted by molar-refractivity contribution is 0.0377. The number of fused-ring (bicyclic) bond motifs is 3. The first-order valence-electron chi connectivity index (χ1n) is 14.7. The lowest BCUT2D eigenvalue weighted by Crippen LogP contribution is -2.52. The Kier molecular flexibility index (Phi) is 6.18. The number of nitrogens with one attached hydrogen (secondary N) is 2. The molecule has 2 heterocycles. The summed E-state index contributed by atoms with van der Waals surface area (Å²) in [6, 6.07) is 23.5. The number of amides is 1. The Morgan fingerprint density at radius 2 is 1.74 bits per heavy atom. The molecule has 0 aliphatic heterocycles. The molecule has 0 unspecified atom stereocenters. The SMILES string of the molecule is CC(C)(C)OC(=O)NC1(c2ccc(-c3nc4c5cc(F)ccc5nn4c(NC4CC4)c3-c3ccccc3)cc2)CCC1. The molecule has 5 aromatic rings. The lowest BCUT2D eigenvalue weighted by Gasteiger charge is -2.43. The second-order valence-electron chi connectivity index (χ2n) is 12.5. The molecule has 2 aromatic heterocycles. The highest BCUT2D eigenvalue weighted by Crippen LogP contribution is 2.44. The first-order chi connectivity index (χ1) is 20.2. The number of carbonyl (C=O) groups excluding carboxylic acids is 1. The number of nitrogens with zero attached hydrogens (tertiary/aromatic N) is 3. The molecule has 2 aliphatic rings. The molecule has 0 radical (unpaired) electrons. The Morgan fingerprint density at radius 1 is 1.00 bits per heavy atom. The summed E-state index contributed by atoms with van der Waals surface area (Å²) >= 11 is 0. The van der Waals surface area contributed by atoms with E-state index in [0.717, 1.165) is 65.9 Å². The van der Waals surface area contributed by atoms with Crippen molar-refractivity contribution in [1.82, 2.24) is 19.9 Å². The van der Waals surface area contributed by atoms with Crippen LogP contribution >= 0.6 is 0 Å². The third-order valence-electron chi connectivity index (χ3n) is 8.15. The minimum Gasteiger partial charge on any atom is -0.444 e. The van der Waals surface area contributed by atoms with Gasteiger partial charge in [-0.05, 0) is 82.2 Å². The van der Waals surface area contributed by atoms with Crippen LogP contribution in [0.2, 0.25) is 0 Å². The van der Waals surface area contributed by atoms with E-state index >= 15 is 0 Å². The van der Waals surface area contributed by atoms with Gasteiger partial charge in [-0.15, -0.1) is 0 Å². The molecule has 1 amide bonds. The van der Waals surface area contributed by atoms with Crippen molar-refractivity contribution in [3.05, 3.63) is 84.2 Å². The van der Waals surface area contributed by atoms with E-state index in [2.05, 4.69) is 47.0 Å². The smallest absolute Gasteiger partial charge is 0.408 e. The number of benzene rings is 3. The molecule has 0 bridgehead atoms. The van der Waals surface area contributed by atoms with Crippen LogP contribution in [-0.4, -0.2) is 32.3 Å². The van der Waals surface area contributed by atoms with E-state index in [1.54, 1.807) is 6.07 Å². The maximum atomic E-state index is 14.4. The predicted molar refractivity (Wildman–Crippen MR) is 163 cm³/mol. The van der Waals surface area contributed by atoms with Crippen LogP contribution in [0.15, 0.2) is 72.8 Å². The maximum Gasteiger partial charge on any atom is 0.408 e. The van der Waals surface area contributed by atoms with Gasteiger partial charge in [-0.3, -0.25) is 0 Å². The average molecular weight is 564 g/mol. The maximum absolute atomic E-state index is 14.4. The second kappa shape index (κ2) is 9.82. The summed E-state index contributed by atoms with van der Waals surface area (Å²) in [5, 5.41) is 12.4. The second-order valence-corrected chi connectivity index (χ2v) is 12.5. The van der Waals surface area contributed by atoms with E-state index in [9.17, 15) is 9.18 Å². The van der Waals surface area contributed by atoms with E-state index < -0.39 is 17.2 Å². The van der Waals surface area contributed by atoms with Crippen LogP contribution in [-0.2, 0) is 10.3 Å². The topological polar surface area (TPSA) is 80.5 Å². The third kappa shape index (κ3) is 4.85. The van der Waals surface area contributed by atoms with Gasteiger partial charge in [0, 0.05) is 17.0 Å². The third-order valence-corrected chi connectivity index (χ3v) is 8.15. The van der Waals surface area contributed by atoms with E-state index in [0.29, 0.717) is 22.6 Å². The first kappa shape index (κ1) is 26.4. The van der Waals surface area contributed by atoms with Crippen molar-refractivity contribution < 1.29 is 13.9 Å². The highest BCUT2D eigenvalue weighted by Gasteiger charge is 2.41. The summed E-state index contributed by atoms with van der Waals surface area (Å²) in [5.74, 6) is 0.531. The summed E-state index contributed by atoms with van der Waals surface area (Å²) in [6.45, 7) is 5.61. The van der Waals surface area contributed by atoms with E-state index in [-0.39, 0.29) is 5.82 Å². The number of hydrogen-bond donors (Lipinski definition) is 2. The van der Waals surface area contributed by atoms with Crippen LogP contribution in [0, 0.1) is 5.82 Å². The van der Waals surface area contributed by atoms with Crippen molar-refractivity contribution in [3.63, 3.8) is 0 Å². The Hall–Kier alpha value is -4.46. The van der Waals surface area contributed by atoms with Gasteiger partial charge in [-0.2, -0.15) is 9.61 Å². The summed E-state index contributed by atoms with van der Waals surface area (Å²) < 4.78 is 21.8. The molecule has 0 saturated heterocycles. The lowest BCUT2D eigenvalue weighted by atomic mass is 9.71. The van der Waals surface area contributed by atoms with Gasteiger partial charge in [0.25, 0.3) is 0 Å². The molecule has 0 atom stereocenters. The number of hydrogen-bond acceptors (Lipinski definition) is 5. The zero-order valence-electron chi connectivity index (χ0n) is 24.1. The van der Waals surface area contributed by atoms with Crippen molar-refractivity contribution in [2.24, 2.45) is 0 Å².